The van der Waals surface area contributed by atoms with Gasteiger partial charge in [-0.25, -0.2) is 0 Å². The number of halogens is 3. The first-order chi connectivity index (χ1) is 7.25. The molecule has 1 aliphatic heterocycles. The monoisotopic (exact) mass is 341 g/mol. The topological polar surface area (TPSA) is 54.0 Å². The van der Waals surface area contributed by atoms with Crippen molar-refractivity contribution in [3.05, 3.63) is 28.5 Å². The zero-order valence-corrected chi connectivity index (χ0v) is 12.2. The Labute approximate surface area is 121 Å². The third-order valence-corrected chi connectivity index (χ3v) is 2.82. The van der Waals surface area contributed by atoms with Crippen molar-refractivity contribution >= 4 is 46.7 Å². The highest BCUT2D eigenvalue weighted by molar-refractivity contribution is 9.10. The number of hydrogen-bond donors (Lipinski definition) is 2. The van der Waals surface area contributed by atoms with Crippen LogP contribution in [0.4, 0.5) is 0 Å². The first kappa shape index (κ1) is 16.6. The van der Waals surface area contributed by atoms with Crippen molar-refractivity contribution in [2.24, 2.45) is 5.92 Å². The molecule has 7 heteroatoms. The standard InChI is InChI=1S/C10H12BrN3O.2ClH/c11-9-1-8(5-13-6-9)10(15)14-4-7-2-12-3-7;;/h1,5-7,12H,2-4H2,(H,14,15);2*1H. The van der Waals surface area contributed by atoms with E-state index >= 15 is 0 Å². The van der Waals surface area contributed by atoms with E-state index in [1.54, 1.807) is 18.5 Å². The summed E-state index contributed by atoms with van der Waals surface area (Å²) in [6, 6.07) is 1.77. The normalized spacial score (nSPS) is 13.9. The van der Waals surface area contributed by atoms with Crippen LogP contribution < -0.4 is 10.6 Å². The average molecular weight is 343 g/mol. The second-order valence-corrected chi connectivity index (χ2v) is 4.54. The summed E-state index contributed by atoms with van der Waals surface area (Å²) in [5, 5.41) is 6.05. The number of nitrogens with one attached hydrogen (secondary N) is 2. The van der Waals surface area contributed by atoms with Crippen molar-refractivity contribution in [3.63, 3.8) is 0 Å². The highest BCUT2D eigenvalue weighted by Gasteiger charge is 2.17. The Morgan fingerprint density at radius 2 is 2.18 bits per heavy atom. The quantitative estimate of drug-likeness (QED) is 0.878. The van der Waals surface area contributed by atoms with E-state index in [4.69, 9.17) is 0 Å². The molecule has 1 amide bonds. The van der Waals surface area contributed by atoms with Gasteiger partial charge in [-0.2, -0.15) is 0 Å². The van der Waals surface area contributed by atoms with Gasteiger partial charge < -0.3 is 10.6 Å². The third kappa shape index (κ3) is 4.79. The van der Waals surface area contributed by atoms with Crippen molar-refractivity contribution in [3.8, 4) is 0 Å². The SMILES string of the molecule is Cl.Cl.O=C(NCC1CNC1)c1cncc(Br)c1. The fraction of sp³-hybridized carbons (Fsp3) is 0.400. The maximum Gasteiger partial charge on any atom is 0.252 e. The van der Waals surface area contributed by atoms with Gasteiger partial charge in [-0.15, -0.1) is 24.8 Å². The number of hydrogen-bond acceptors (Lipinski definition) is 3. The predicted molar refractivity (Wildman–Crippen MR) is 75.1 cm³/mol. The lowest BCUT2D eigenvalue weighted by molar-refractivity contribution is 0.0942. The van der Waals surface area contributed by atoms with E-state index in [0.29, 0.717) is 11.5 Å². The van der Waals surface area contributed by atoms with Crippen molar-refractivity contribution in [2.75, 3.05) is 19.6 Å². The zero-order valence-electron chi connectivity index (χ0n) is 8.98. The number of pyridine rings is 1. The van der Waals surface area contributed by atoms with Crippen LogP contribution in [0.2, 0.25) is 0 Å². The second kappa shape index (κ2) is 7.87. The summed E-state index contributed by atoms with van der Waals surface area (Å²) in [6.07, 6.45) is 3.23. The van der Waals surface area contributed by atoms with Crippen LogP contribution in [0.25, 0.3) is 0 Å². The molecule has 0 unspecified atom stereocenters. The van der Waals surface area contributed by atoms with Gasteiger partial charge in [0.25, 0.3) is 5.91 Å². The lowest BCUT2D eigenvalue weighted by atomic mass is 10.0. The van der Waals surface area contributed by atoms with Crippen LogP contribution in [0.5, 0.6) is 0 Å². The molecule has 0 aliphatic carbocycles. The smallest absolute Gasteiger partial charge is 0.252 e. The van der Waals surface area contributed by atoms with Crippen molar-refractivity contribution < 1.29 is 4.79 Å². The molecule has 1 aromatic rings. The number of carbonyl (C=O) groups excluding carboxylic acids is 1. The summed E-state index contributed by atoms with van der Waals surface area (Å²) in [5.41, 5.74) is 0.594. The maximum absolute atomic E-state index is 11.6. The summed E-state index contributed by atoms with van der Waals surface area (Å²) < 4.78 is 0.820. The van der Waals surface area contributed by atoms with Crippen LogP contribution in [0.1, 0.15) is 10.4 Å². The maximum atomic E-state index is 11.6. The van der Waals surface area contributed by atoms with Crippen LogP contribution in [0, 0.1) is 5.92 Å². The molecule has 2 N–H and O–H groups in total. The number of carbonyl (C=O) groups is 1. The van der Waals surface area contributed by atoms with Crippen molar-refractivity contribution in [1.29, 1.82) is 0 Å². The summed E-state index contributed by atoms with van der Waals surface area (Å²) >= 11 is 3.28. The molecular weight excluding hydrogens is 329 g/mol. The van der Waals surface area contributed by atoms with E-state index in [0.717, 1.165) is 24.1 Å². The van der Waals surface area contributed by atoms with Crippen LogP contribution in [-0.2, 0) is 0 Å². The van der Waals surface area contributed by atoms with E-state index in [2.05, 4.69) is 31.5 Å². The lowest BCUT2D eigenvalue weighted by Gasteiger charge is -2.27. The number of rotatable bonds is 3. The molecule has 1 aliphatic rings. The molecule has 0 saturated carbocycles. The number of amides is 1. The molecule has 1 saturated heterocycles. The van der Waals surface area contributed by atoms with E-state index in [1.807, 2.05) is 0 Å². The molecule has 17 heavy (non-hydrogen) atoms. The molecule has 4 nitrogen and oxygen atoms in total. The second-order valence-electron chi connectivity index (χ2n) is 3.63. The molecule has 2 rings (SSSR count). The molecule has 2 heterocycles. The average Bonchev–Trinajstić information content (AvgIpc) is 2.15. The molecule has 0 bridgehead atoms. The molecule has 0 spiro atoms. The van der Waals surface area contributed by atoms with E-state index in [9.17, 15) is 4.79 Å². The Kier molecular flexibility index (Phi) is 7.70. The minimum atomic E-state index is -0.0595. The molecule has 0 atom stereocenters. The van der Waals surface area contributed by atoms with Crippen LogP contribution >= 0.6 is 40.7 Å². The van der Waals surface area contributed by atoms with Crippen LogP contribution in [0.15, 0.2) is 22.9 Å². The van der Waals surface area contributed by atoms with Crippen molar-refractivity contribution in [2.45, 2.75) is 0 Å². The summed E-state index contributed by atoms with van der Waals surface area (Å²) in [5.74, 6) is 0.518. The van der Waals surface area contributed by atoms with Crippen molar-refractivity contribution in [1.82, 2.24) is 15.6 Å². The first-order valence-corrected chi connectivity index (χ1v) is 5.64. The Bertz CT molecular complexity index is 374. The summed E-state index contributed by atoms with van der Waals surface area (Å²) in [7, 11) is 0. The molecule has 0 aromatic carbocycles. The van der Waals surface area contributed by atoms with Gasteiger partial charge in [0.15, 0.2) is 0 Å². The molecule has 1 aromatic heterocycles. The van der Waals surface area contributed by atoms with Crippen LogP contribution in [0.3, 0.4) is 0 Å². The van der Waals surface area contributed by atoms with Gasteiger partial charge in [-0.1, -0.05) is 0 Å². The Morgan fingerprint density at radius 3 is 2.71 bits per heavy atom. The number of nitrogens with zero attached hydrogens (tertiary/aromatic N) is 1. The fourth-order valence-electron chi connectivity index (χ4n) is 1.37. The minimum Gasteiger partial charge on any atom is -0.352 e. The predicted octanol–water partition coefficient (Wildman–Crippen LogP) is 1.64. The lowest BCUT2D eigenvalue weighted by Crippen LogP contribution is -2.48. The van der Waals surface area contributed by atoms with Crippen LogP contribution in [-0.4, -0.2) is 30.5 Å². The Hall–Kier alpha value is -0.360. The molecule has 96 valence electrons. The van der Waals surface area contributed by atoms with Gasteiger partial charge in [-0.3, -0.25) is 9.78 Å². The summed E-state index contributed by atoms with van der Waals surface area (Å²) in [6.45, 7) is 2.73. The Balaban J connectivity index is 0.00000128. The molecule has 1 fully saturated rings. The van der Waals surface area contributed by atoms with Gasteiger partial charge >= 0.3 is 0 Å². The Morgan fingerprint density at radius 1 is 1.47 bits per heavy atom. The van der Waals surface area contributed by atoms with E-state index < -0.39 is 0 Å². The zero-order chi connectivity index (χ0) is 10.7. The minimum absolute atomic E-state index is 0. The molecule has 0 radical (unpaired) electrons. The van der Waals surface area contributed by atoms with Gasteiger partial charge in [0.2, 0.25) is 0 Å². The largest absolute Gasteiger partial charge is 0.352 e. The van der Waals surface area contributed by atoms with E-state index in [-0.39, 0.29) is 30.7 Å². The highest BCUT2D eigenvalue weighted by Crippen LogP contribution is 2.09. The number of aromatic nitrogens is 1. The van der Waals surface area contributed by atoms with Gasteiger partial charge in [-0.05, 0) is 22.0 Å². The highest BCUT2D eigenvalue weighted by atomic mass is 79.9. The fourth-order valence-corrected chi connectivity index (χ4v) is 1.73. The van der Waals surface area contributed by atoms with Gasteiger partial charge in [0.05, 0.1) is 5.56 Å². The van der Waals surface area contributed by atoms with Gasteiger partial charge in [0, 0.05) is 42.4 Å². The van der Waals surface area contributed by atoms with Gasteiger partial charge in [0.1, 0.15) is 0 Å². The molecular formula is C10H14BrCl2N3O. The first-order valence-electron chi connectivity index (χ1n) is 4.85. The third-order valence-electron chi connectivity index (χ3n) is 2.38. The summed E-state index contributed by atoms with van der Waals surface area (Å²) in [4.78, 5) is 15.6. The van der Waals surface area contributed by atoms with E-state index in [1.165, 1.54) is 0 Å².